The van der Waals surface area contributed by atoms with Gasteiger partial charge in [-0.3, -0.25) is 0 Å². The van der Waals surface area contributed by atoms with Gasteiger partial charge < -0.3 is 10.6 Å². The monoisotopic (exact) mass is 174 g/mol. The number of allylic oxidation sites excluding steroid dienone is 2. The van der Waals surface area contributed by atoms with Gasteiger partial charge in [-0.1, -0.05) is 18.6 Å². The molecule has 0 saturated carbocycles. The summed E-state index contributed by atoms with van der Waals surface area (Å²) in [5.41, 5.74) is 1.39. The normalized spacial score (nSPS) is 11.7. The van der Waals surface area contributed by atoms with Crippen molar-refractivity contribution < 1.29 is 10.6 Å². The fraction of sp³-hybridized carbons (Fsp3) is 0.800. The molecule has 0 amide bonds. The van der Waals surface area contributed by atoms with Gasteiger partial charge in [0.25, 0.3) is 0 Å². The Bertz CT molecular complexity index is 115. The van der Waals surface area contributed by atoms with E-state index in [1.165, 1.54) is 12.0 Å². The molecular formula is C10H22O2. The lowest BCUT2D eigenvalue weighted by Gasteiger charge is -2.06. The fourth-order valence-corrected chi connectivity index (χ4v) is 1.02. The predicted octanol–water partition coefficient (Wildman–Crippen LogP) is 1.93. The number of rotatable bonds is 5. The second-order valence-corrected chi connectivity index (χ2v) is 3.48. The molecule has 0 aromatic carbocycles. The minimum Gasteiger partial charge on any atom is -0.412 e. The van der Waals surface area contributed by atoms with E-state index in [4.69, 9.17) is 5.11 Å². The van der Waals surface area contributed by atoms with E-state index in [-0.39, 0.29) is 5.48 Å². The average Bonchev–Trinajstić information content (AvgIpc) is 1.87. The molecular weight excluding hydrogens is 152 g/mol. The second kappa shape index (κ2) is 8.75. The molecule has 0 spiro atoms. The average molecular weight is 174 g/mol. The molecule has 3 N–H and O–H groups in total. The Morgan fingerprint density at radius 3 is 2.33 bits per heavy atom. The molecule has 0 unspecified atom stereocenters. The predicted molar refractivity (Wildman–Crippen MR) is 53.1 cm³/mol. The third-order valence-electron chi connectivity index (χ3n) is 1.83. The largest absolute Gasteiger partial charge is 0.412 e. The van der Waals surface area contributed by atoms with Crippen molar-refractivity contribution in [2.24, 2.45) is 5.92 Å². The number of hydrogen-bond donors (Lipinski definition) is 1. The van der Waals surface area contributed by atoms with Crippen molar-refractivity contribution in [3.8, 4) is 0 Å². The van der Waals surface area contributed by atoms with Crippen LogP contribution in [0, 0.1) is 5.92 Å². The van der Waals surface area contributed by atoms with Crippen molar-refractivity contribution in [2.45, 2.75) is 40.0 Å². The van der Waals surface area contributed by atoms with Crippen molar-refractivity contribution in [1.29, 1.82) is 0 Å². The van der Waals surface area contributed by atoms with Gasteiger partial charge in [-0.05, 0) is 39.0 Å². The first-order valence-corrected chi connectivity index (χ1v) is 4.41. The molecule has 2 heteroatoms. The third kappa shape index (κ3) is 9.66. The lowest BCUT2D eigenvalue weighted by molar-refractivity contribution is 0.259. The molecule has 0 aliphatic heterocycles. The van der Waals surface area contributed by atoms with Crippen LogP contribution in [0.3, 0.4) is 0 Å². The van der Waals surface area contributed by atoms with E-state index in [1.54, 1.807) is 0 Å². The van der Waals surface area contributed by atoms with Crippen molar-refractivity contribution >= 4 is 0 Å². The zero-order chi connectivity index (χ0) is 8.69. The lowest BCUT2D eigenvalue weighted by atomic mass is 10.0. The van der Waals surface area contributed by atoms with Crippen molar-refractivity contribution in [3.63, 3.8) is 0 Å². The molecule has 12 heavy (non-hydrogen) atoms. The molecule has 0 radical (unpaired) electrons. The number of hydrogen-bond acceptors (Lipinski definition) is 1. The quantitative estimate of drug-likeness (QED) is 0.636. The van der Waals surface area contributed by atoms with Gasteiger partial charge in [-0.2, -0.15) is 0 Å². The van der Waals surface area contributed by atoms with Crippen LogP contribution in [0.2, 0.25) is 0 Å². The third-order valence-corrected chi connectivity index (χ3v) is 1.83. The standard InChI is InChI=1S/C10H20O.H2O/c1-9(2)5-4-6-10(3)7-8-11;/h5,10-11H,4,6-8H2,1-3H3;1H2/t10-;/m1./s1. The van der Waals surface area contributed by atoms with Gasteiger partial charge in [-0.25, -0.2) is 0 Å². The Labute approximate surface area is 75.6 Å². The van der Waals surface area contributed by atoms with E-state index in [0.717, 1.165) is 12.8 Å². The number of aliphatic hydroxyl groups is 1. The summed E-state index contributed by atoms with van der Waals surface area (Å²) in [6.45, 7) is 6.76. The summed E-state index contributed by atoms with van der Waals surface area (Å²) in [5, 5.41) is 8.63. The molecule has 0 rings (SSSR count). The molecule has 0 aliphatic carbocycles. The van der Waals surface area contributed by atoms with Crippen molar-refractivity contribution in [3.05, 3.63) is 11.6 Å². The van der Waals surface area contributed by atoms with Crippen molar-refractivity contribution in [2.75, 3.05) is 6.61 Å². The summed E-state index contributed by atoms with van der Waals surface area (Å²) in [6.07, 6.45) is 5.56. The van der Waals surface area contributed by atoms with Crippen LogP contribution in [-0.4, -0.2) is 17.2 Å². The molecule has 74 valence electrons. The maximum Gasteiger partial charge on any atom is 0.0433 e. The van der Waals surface area contributed by atoms with Gasteiger partial charge in [0.05, 0.1) is 0 Å². The molecule has 2 nitrogen and oxygen atoms in total. The highest BCUT2D eigenvalue weighted by Gasteiger charge is 1.98. The molecule has 0 aromatic rings. The first kappa shape index (κ1) is 14.2. The number of aliphatic hydroxyl groups excluding tert-OH is 1. The Kier molecular flexibility index (Phi) is 10.4. The molecule has 0 heterocycles. The van der Waals surface area contributed by atoms with Crippen LogP contribution in [0.5, 0.6) is 0 Å². The fourth-order valence-electron chi connectivity index (χ4n) is 1.02. The van der Waals surface area contributed by atoms with Crippen LogP contribution in [0.4, 0.5) is 0 Å². The molecule has 0 fully saturated rings. The maximum atomic E-state index is 8.63. The van der Waals surface area contributed by atoms with Gasteiger partial charge in [0.15, 0.2) is 0 Å². The second-order valence-electron chi connectivity index (χ2n) is 3.48. The van der Waals surface area contributed by atoms with Gasteiger partial charge in [-0.15, -0.1) is 0 Å². The van der Waals surface area contributed by atoms with Gasteiger partial charge in [0.1, 0.15) is 0 Å². The van der Waals surface area contributed by atoms with Gasteiger partial charge >= 0.3 is 0 Å². The van der Waals surface area contributed by atoms with Crippen LogP contribution in [0.15, 0.2) is 11.6 Å². The van der Waals surface area contributed by atoms with Crippen LogP contribution >= 0.6 is 0 Å². The zero-order valence-electron chi connectivity index (χ0n) is 8.43. The maximum absolute atomic E-state index is 8.63. The Morgan fingerprint density at radius 2 is 1.92 bits per heavy atom. The highest BCUT2D eigenvalue weighted by Crippen LogP contribution is 2.10. The Hall–Kier alpha value is -0.340. The van der Waals surface area contributed by atoms with E-state index in [0.29, 0.717) is 12.5 Å². The summed E-state index contributed by atoms with van der Waals surface area (Å²) >= 11 is 0. The summed E-state index contributed by atoms with van der Waals surface area (Å²) in [7, 11) is 0. The smallest absolute Gasteiger partial charge is 0.0433 e. The van der Waals surface area contributed by atoms with Crippen LogP contribution < -0.4 is 0 Å². The molecule has 1 atom stereocenters. The summed E-state index contributed by atoms with van der Waals surface area (Å²) < 4.78 is 0. The van der Waals surface area contributed by atoms with Gasteiger partial charge in [0, 0.05) is 6.61 Å². The Balaban J connectivity index is 0. The summed E-state index contributed by atoms with van der Waals surface area (Å²) in [5.74, 6) is 0.663. The summed E-state index contributed by atoms with van der Waals surface area (Å²) in [4.78, 5) is 0. The molecule has 0 aliphatic rings. The van der Waals surface area contributed by atoms with Gasteiger partial charge in [0.2, 0.25) is 0 Å². The molecule has 0 saturated heterocycles. The van der Waals surface area contributed by atoms with E-state index in [1.807, 2.05) is 0 Å². The first-order chi connectivity index (χ1) is 5.16. The summed E-state index contributed by atoms with van der Waals surface area (Å²) in [6, 6.07) is 0. The van der Waals surface area contributed by atoms with Crippen LogP contribution in [0.25, 0.3) is 0 Å². The lowest BCUT2D eigenvalue weighted by Crippen LogP contribution is -1.96. The minimum atomic E-state index is 0. The zero-order valence-corrected chi connectivity index (χ0v) is 8.43. The van der Waals surface area contributed by atoms with Crippen LogP contribution in [-0.2, 0) is 0 Å². The van der Waals surface area contributed by atoms with E-state index in [2.05, 4.69) is 26.8 Å². The van der Waals surface area contributed by atoms with E-state index < -0.39 is 0 Å². The first-order valence-electron chi connectivity index (χ1n) is 4.41. The van der Waals surface area contributed by atoms with Crippen molar-refractivity contribution in [1.82, 2.24) is 0 Å². The SMILES string of the molecule is CC(C)=CCC[C@@H](C)CCO.O. The van der Waals surface area contributed by atoms with E-state index >= 15 is 0 Å². The topological polar surface area (TPSA) is 51.7 Å². The van der Waals surface area contributed by atoms with Crippen LogP contribution in [0.1, 0.15) is 40.0 Å². The van der Waals surface area contributed by atoms with E-state index in [9.17, 15) is 0 Å². The highest BCUT2D eigenvalue weighted by atomic mass is 16.3. The highest BCUT2D eigenvalue weighted by molar-refractivity contribution is 4.92. The molecule has 0 bridgehead atoms. The minimum absolute atomic E-state index is 0. The molecule has 0 aromatic heterocycles. The Morgan fingerprint density at radius 1 is 1.33 bits per heavy atom.